The van der Waals surface area contributed by atoms with E-state index in [1.54, 1.807) is 18.3 Å². The van der Waals surface area contributed by atoms with Gasteiger partial charge in [0.2, 0.25) is 0 Å². The molecular weight excluding hydrogens is 478 g/mol. The zero-order chi connectivity index (χ0) is 23.8. The number of hydrogen-bond donors (Lipinski definition) is 3. The second-order valence-corrected chi connectivity index (χ2v) is 8.20. The summed E-state index contributed by atoms with van der Waals surface area (Å²) in [6.45, 7) is 1.92. The van der Waals surface area contributed by atoms with Gasteiger partial charge in [-0.05, 0) is 49.4 Å². The van der Waals surface area contributed by atoms with Crippen LogP contribution in [0, 0.1) is 11.6 Å². The van der Waals surface area contributed by atoms with Gasteiger partial charge in [0.25, 0.3) is 0 Å². The molecule has 3 N–H and O–H groups in total. The molecule has 3 heterocycles. The highest BCUT2D eigenvalue weighted by Gasteiger charge is 2.21. The Balaban J connectivity index is 0.00000289. The van der Waals surface area contributed by atoms with E-state index in [1.807, 2.05) is 22.4 Å². The van der Waals surface area contributed by atoms with Gasteiger partial charge in [0.05, 0.1) is 17.8 Å². The molecule has 0 aliphatic rings. The SMILES string of the molecule is Cl.Cn1cc(-c2n[nH]c(=O)n2-c2cn(CCCNCCO)c3ccc(F)cc23)c2cc(F)ccc21. The van der Waals surface area contributed by atoms with Crippen molar-refractivity contribution in [1.82, 2.24) is 29.2 Å². The standard InChI is InChI=1S/C24H24F2N6O2.ClH/c1-30-13-19(17-11-15(25)3-5-20(17)30)23-28-29-24(34)32(23)22-14-31(9-2-7-27-8-10-33)21-6-4-16(26)12-18(21)22;/h3-6,11-14,27,33H,2,7-10H2,1H3,(H,29,34);1H. The lowest BCUT2D eigenvalue weighted by atomic mass is 10.1. The second kappa shape index (κ2) is 10.0. The van der Waals surface area contributed by atoms with E-state index in [1.165, 1.54) is 28.8 Å². The molecule has 0 saturated carbocycles. The molecule has 0 aliphatic carbocycles. The highest BCUT2D eigenvalue weighted by Crippen LogP contribution is 2.32. The quantitative estimate of drug-likeness (QED) is 0.284. The van der Waals surface area contributed by atoms with Crippen LogP contribution in [0.25, 0.3) is 38.9 Å². The van der Waals surface area contributed by atoms with Crippen molar-refractivity contribution in [3.63, 3.8) is 0 Å². The Hall–Kier alpha value is -3.47. The van der Waals surface area contributed by atoms with Gasteiger partial charge in [0, 0.05) is 54.4 Å². The Morgan fingerprint density at radius 3 is 2.49 bits per heavy atom. The van der Waals surface area contributed by atoms with Gasteiger partial charge in [-0.2, -0.15) is 5.10 Å². The summed E-state index contributed by atoms with van der Waals surface area (Å²) in [5.74, 6) is -0.492. The van der Waals surface area contributed by atoms with Gasteiger partial charge in [-0.1, -0.05) is 0 Å². The lowest BCUT2D eigenvalue weighted by Gasteiger charge is -2.06. The molecule has 0 bridgehead atoms. The maximum atomic E-state index is 14.2. The first-order valence-electron chi connectivity index (χ1n) is 11.0. The van der Waals surface area contributed by atoms with E-state index in [4.69, 9.17) is 5.11 Å². The monoisotopic (exact) mass is 502 g/mol. The van der Waals surface area contributed by atoms with Crippen molar-refractivity contribution in [1.29, 1.82) is 0 Å². The number of rotatable bonds is 8. The van der Waals surface area contributed by atoms with Crippen molar-refractivity contribution in [2.45, 2.75) is 13.0 Å². The molecule has 35 heavy (non-hydrogen) atoms. The summed E-state index contributed by atoms with van der Waals surface area (Å²) < 4.78 is 33.5. The maximum Gasteiger partial charge on any atom is 0.348 e. The van der Waals surface area contributed by atoms with Gasteiger partial charge in [0.1, 0.15) is 11.6 Å². The van der Waals surface area contributed by atoms with Crippen molar-refractivity contribution in [3.05, 3.63) is 70.9 Å². The number of aliphatic hydroxyl groups excluding tert-OH is 1. The topological polar surface area (TPSA) is 92.8 Å². The van der Waals surface area contributed by atoms with Gasteiger partial charge < -0.3 is 19.6 Å². The average Bonchev–Trinajstić information content (AvgIpc) is 3.46. The predicted molar refractivity (Wildman–Crippen MR) is 133 cm³/mol. The van der Waals surface area contributed by atoms with E-state index in [9.17, 15) is 13.6 Å². The summed E-state index contributed by atoms with van der Waals surface area (Å²) in [4.78, 5) is 12.9. The summed E-state index contributed by atoms with van der Waals surface area (Å²) in [7, 11) is 1.84. The number of halogens is 3. The molecule has 0 amide bonds. The van der Waals surface area contributed by atoms with Crippen molar-refractivity contribution >= 4 is 34.2 Å². The first kappa shape index (κ1) is 24.6. The second-order valence-electron chi connectivity index (χ2n) is 8.20. The van der Waals surface area contributed by atoms with Crippen LogP contribution in [-0.2, 0) is 13.6 Å². The van der Waals surface area contributed by atoms with Gasteiger partial charge in [0.15, 0.2) is 5.82 Å². The number of nitrogens with zero attached hydrogens (tertiary/aromatic N) is 4. The van der Waals surface area contributed by atoms with Crippen LogP contribution in [0.4, 0.5) is 8.78 Å². The number of aromatic amines is 1. The van der Waals surface area contributed by atoms with E-state index < -0.39 is 17.3 Å². The van der Waals surface area contributed by atoms with Crippen LogP contribution >= 0.6 is 12.4 Å². The Morgan fingerprint density at radius 1 is 1.03 bits per heavy atom. The first-order valence-corrected chi connectivity index (χ1v) is 11.0. The van der Waals surface area contributed by atoms with Gasteiger partial charge in [-0.15, -0.1) is 12.4 Å². The zero-order valence-corrected chi connectivity index (χ0v) is 19.8. The first-order chi connectivity index (χ1) is 16.5. The van der Waals surface area contributed by atoms with E-state index in [-0.39, 0.29) is 19.0 Å². The minimum atomic E-state index is -0.476. The van der Waals surface area contributed by atoms with Crippen LogP contribution in [0.15, 0.2) is 53.6 Å². The van der Waals surface area contributed by atoms with Crippen molar-refractivity contribution in [3.8, 4) is 17.1 Å². The van der Waals surface area contributed by atoms with E-state index in [0.717, 1.165) is 17.5 Å². The lowest BCUT2D eigenvalue weighted by Crippen LogP contribution is -2.20. The minimum Gasteiger partial charge on any atom is -0.395 e. The number of fused-ring (bicyclic) bond motifs is 2. The number of aliphatic hydroxyl groups is 1. The molecule has 184 valence electrons. The van der Waals surface area contributed by atoms with Crippen LogP contribution in [0.5, 0.6) is 0 Å². The van der Waals surface area contributed by atoms with Crippen LogP contribution in [0.2, 0.25) is 0 Å². The fraction of sp³-hybridized carbons (Fsp3) is 0.250. The smallest absolute Gasteiger partial charge is 0.348 e. The molecule has 2 aromatic carbocycles. The number of aromatic nitrogens is 5. The molecule has 0 fully saturated rings. The molecule has 3 aromatic heterocycles. The Morgan fingerprint density at radius 2 is 1.74 bits per heavy atom. The fourth-order valence-electron chi connectivity index (χ4n) is 4.44. The number of aryl methyl sites for hydroxylation is 2. The molecular formula is C24H25ClF2N6O2. The normalized spacial score (nSPS) is 11.4. The Labute approximate surface area is 205 Å². The number of hydrogen-bond acceptors (Lipinski definition) is 4. The highest BCUT2D eigenvalue weighted by atomic mass is 35.5. The highest BCUT2D eigenvalue weighted by molar-refractivity contribution is 5.96. The number of nitrogens with one attached hydrogen (secondary N) is 2. The summed E-state index contributed by atoms with van der Waals surface area (Å²) in [5.41, 5.74) is 2.17. The Bertz CT molecular complexity index is 1550. The third kappa shape index (κ3) is 4.47. The van der Waals surface area contributed by atoms with Crippen LogP contribution < -0.4 is 11.0 Å². The maximum absolute atomic E-state index is 14.2. The Kier molecular flexibility index (Phi) is 7.06. The molecule has 0 atom stereocenters. The molecule has 8 nitrogen and oxygen atoms in total. The molecule has 0 radical (unpaired) electrons. The zero-order valence-electron chi connectivity index (χ0n) is 19.0. The summed E-state index contributed by atoms with van der Waals surface area (Å²) in [6.07, 6.45) is 4.38. The molecule has 0 unspecified atom stereocenters. The third-order valence-corrected chi connectivity index (χ3v) is 5.97. The van der Waals surface area contributed by atoms with Gasteiger partial charge >= 0.3 is 5.69 Å². The third-order valence-electron chi connectivity index (χ3n) is 5.97. The van der Waals surface area contributed by atoms with E-state index in [2.05, 4.69) is 15.5 Å². The average molecular weight is 503 g/mol. The van der Waals surface area contributed by atoms with Crippen LogP contribution in [0.3, 0.4) is 0 Å². The number of benzene rings is 2. The predicted octanol–water partition coefficient (Wildman–Crippen LogP) is 3.35. The molecule has 5 aromatic rings. The largest absolute Gasteiger partial charge is 0.395 e. The van der Waals surface area contributed by atoms with Crippen molar-refractivity contribution in [2.75, 3.05) is 19.7 Å². The van der Waals surface area contributed by atoms with Crippen LogP contribution in [-0.4, -0.2) is 48.7 Å². The minimum absolute atomic E-state index is 0. The summed E-state index contributed by atoms with van der Waals surface area (Å²) in [5, 5.41) is 20.0. The van der Waals surface area contributed by atoms with Crippen LogP contribution in [0.1, 0.15) is 6.42 Å². The van der Waals surface area contributed by atoms with Gasteiger partial charge in [-0.3, -0.25) is 0 Å². The van der Waals surface area contributed by atoms with E-state index in [0.29, 0.717) is 47.5 Å². The van der Waals surface area contributed by atoms with Gasteiger partial charge in [-0.25, -0.2) is 23.2 Å². The lowest BCUT2D eigenvalue weighted by molar-refractivity contribution is 0.292. The van der Waals surface area contributed by atoms with E-state index >= 15 is 0 Å². The molecule has 0 aliphatic heterocycles. The molecule has 0 spiro atoms. The summed E-state index contributed by atoms with van der Waals surface area (Å²) >= 11 is 0. The molecule has 0 saturated heterocycles. The van der Waals surface area contributed by atoms with Crippen molar-refractivity contribution < 1.29 is 13.9 Å². The molecule has 5 rings (SSSR count). The fourth-order valence-corrected chi connectivity index (χ4v) is 4.44. The number of H-pyrrole nitrogens is 1. The van der Waals surface area contributed by atoms with Crippen molar-refractivity contribution in [2.24, 2.45) is 7.05 Å². The molecule has 11 heteroatoms. The summed E-state index contributed by atoms with van der Waals surface area (Å²) in [6, 6.07) is 8.95.